The molecule has 0 aromatic carbocycles. The first-order valence-electron chi connectivity index (χ1n) is 6.36. The molecule has 1 aromatic rings. The minimum absolute atomic E-state index is 0.0656. The van der Waals surface area contributed by atoms with Crippen molar-refractivity contribution >= 4 is 27.6 Å². The lowest BCUT2D eigenvalue weighted by molar-refractivity contribution is -0.152. The molecule has 1 N–H and O–H groups in total. The number of nitrogens with zero attached hydrogens (tertiary/aromatic N) is 1. The van der Waals surface area contributed by atoms with Crippen LogP contribution >= 0.6 is 11.6 Å². The number of furan rings is 1. The third-order valence-corrected chi connectivity index (χ3v) is 5.95. The predicted molar refractivity (Wildman–Crippen MR) is 73.6 cm³/mol. The van der Waals surface area contributed by atoms with E-state index in [4.69, 9.17) is 25.9 Å². The number of carboxylic acid groups (broad SMARTS) is 1. The van der Waals surface area contributed by atoms with E-state index in [0.717, 1.165) is 0 Å². The van der Waals surface area contributed by atoms with Crippen LogP contribution in [0.15, 0.2) is 21.6 Å². The highest BCUT2D eigenvalue weighted by atomic mass is 35.5. The van der Waals surface area contributed by atoms with E-state index >= 15 is 0 Å². The number of sulfonamides is 1. The van der Waals surface area contributed by atoms with Crippen molar-refractivity contribution in [1.29, 1.82) is 0 Å². The first kappa shape index (κ1) is 16.3. The molecule has 9 heteroatoms. The SMILES string of the molecule is COC(C(=O)O)C1CCN(S(=O)(=O)c2ccoc2Cl)CC1. The summed E-state index contributed by atoms with van der Waals surface area (Å²) >= 11 is 5.72. The predicted octanol–water partition coefficient (Wildman–Crippen LogP) is 1.43. The Balaban J connectivity index is 2.08. The van der Waals surface area contributed by atoms with Gasteiger partial charge in [0.2, 0.25) is 15.2 Å². The second kappa shape index (κ2) is 6.35. The quantitative estimate of drug-likeness (QED) is 0.873. The summed E-state index contributed by atoms with van der Waals surface area (Å²) in [4.78, 5) is 11.0. The molecule has 2 rings (SSSR count). The van der Waals surface area contributed by atoms with Crippen molar-refractivity contribution in [3.63, 3.8) is 0 Å². The number of ether oxygens (including phenoxy) is 1. The van der Waals surface area contributed by atoms with E-state index in [2.05, 4.69) is 0 Å². The summed E-state index contributed by atoms with van der Waals surface area (Å²) in [6.07, 6.45) is 1.14. The van der Waals surface area contributed by atoms with E-state index in [1.54, 1.807) is 0 Å². The molecule has 1 aliphatic heterocycles. The van der Waals surface area contributed by atoms with Crippen molar-refractivity contribution in [3.05, 3.63) is 17.5 Å². The van der Waals surface area contributed by atoms with Gasteiger partial charge in [0.1, 0.15) is 4.90 Å². The van der Waals surface area contributed by atoms with Gasteiger partial charge in [0.05, 0.1) is 6.26 Å². The monoisotopic (exact) mass is 337 g/mol. The van der Waals surface area contributed by atoms with Gasteiger partial charge in [-0.2, -0.15) is 4.31 Å². The molecule has 1 saturated heterocycles. The molecule has 1 aromatic heterocycles. The number of carboxylic acids is 1. The summed E-state index contributed by atoms with van der Waals surface area (Å²) in [6.45, 7) is 0.448. The van der Waals surface area contributed by atoms with Crippen molar-refractivity contribution < 1.29 is 27.5 Å². The number of carbonyl (C=O) groups is 1. The van der Waals surface area contributed by atoms with Crippen molar-refractivity contribution in [1.82, 2.24) is 4.31 Å². The molecule has 7 nitrogen and oxygen atoms in total. The van der Waals surface area contributed by atoms with E-state index < -0.39 is 22.1 Å². The molecule has 0 spiro atoms. The van der Waals surface area contributed by atoms with Gasteiger partial charge in [-0.3, -0.25) is 0 Å². The second-order valence-corrected chi connectivity index (χ2v) is 7.04. The van der Waals surface area contributed by atoms with Crippen LogP contribution in [0.25, 0.3) is 0 Å². The summed E-state index contributed by atoms with van der Waals surface area (Å²) in [5.41, 5.74) is 0. The van der Waals surface area contributed by atoms with Crippen LogP contribution in [0.4, 0.5) is 0 Å². The Bertz CT molecular complexity index is 605. The molecular formula is C12H16ClNO6S. The van der Waals surface area contributed by atoms with E-state index in [0.29, 0.717) is 12.8 Å². The minimum atomic E-state index is -3.71. The largest absolute Gasteiger partial charge is 0.479 e. The minimum Gasteiger partial charge on any atom is -0.479 e. The smallest absolute Gasteiger partial charge is 0.333 e. The fourth-order valence-electron chi connectivity index (χ4n) is 2.52. The van der Waals surface area contributed by atoms with E-state index in [9.17, 15) is 13.2 Å². The van der Waals surface area contributed by atoms with Gasteiger partial charge >= 0.3 is 5.97 Å². The molecule has 0 saturated carbocycles. The van der Waals surface area contributed by atoms with Gasteiger partial charge in [0.15, 0.2) is 6.10 Å². The van der Waals surface area contributed by atoms with Crippen LogP contribution in [0, 0.1) is 5.92 Å². The van der Waals surface area contributed by atoms with Gasteiger partial charge in [0, 0.05) is 20.2 Å². The fraction of sp³-hybridized carbons (Fsp3) is 0.583. The molecule has 118 valence electrons. The summed E-state index contributed by atoms with van der Waals surface area (Å²) in [5, 5.41) is 8.88. The molecule has 21 heavy (non-hydrogen) atoms. The van der Waals surface area contributed by atoms with Crippen LogP contribution in [0.1, 0.15) is 12.8 Å². The first-order chi connectivity index (χ1) is 9.87. The van der Waals surface area contributed by atoms with Crippen LogP contribution in [0.3, 0.4) is 0 Å². The van der Waals surface area contributed by atoms with E-state index in [-0.39, 0.29) is 29.1 Å². The van der Waals surface area contributed by atoms with E-state index in [1.165, 1.54) is 23.7 Å². The van der Waals surface area contributed by atoms with Crippen molar-refractivity contribution in [2.24, 2.45) is 5.92 Å². The van der Waals surface area contributed by atoms with Crippen LogP contribution < -0.4 is 0 Å². The Kier molecular flexibility index (Phi) is 4.92. The van der Waals surface area contributed by atoms with Crippen molar-refractivity contribution in [2.75, 3.05) is 20.2 Å². The lowest BCUT2D eigenvalue weighted by Crippen LogP contribution is -2.43. The van der Waals surface area contributed by atoms with Crippen molar-refractivity contribution in [3.8, 4) is 0 Å². The number of methoxy groups -OCH3 is 1. The molecule has 1 aliphatic rings. The van der Waals surface area contributed by atoms with Gasteiger partial charge in [-0.15, -0.1) is 0 Å². The van der Waals surface area contributed by atoms with Crippen LogP contribution in [-0.4, -0.2) is 50.1 Å². The zero-order chi connectivity index (χ0) is 15.6. The maximum atomic E-state index is 12.4. The molecule has 1 unspecified atom stereocenters. The summed E-state index contributed by atoms with van der Waals surface area (Å²) in [7, 11) is -2.37. The lowest BCUT2D eigenvalue weighted by Gasteiger charge is -2.33. The molecule has 0 radical (unpaired) electrons. The Morgan fingerprint density at radius 2 is 2.14 bits per heavy atom. The van der Waals surface area contributed by atoms with Crippen LogP contribution in [-0.2, 0) is 19.6 Å². The second-order valence-electron chi connectivity index (χ2n) is 4.79. The van der Waals surface area contributed by atoms with Gasteiger partial charge in [0.25, 0.3) is 0 Å². The number of hydrogen-bond donors (Lipinski definition) is 1. The average molecular weight is 338 g/mol. The molecule has 1 fully saturated rings. The van der Waals surface area contributed by atoms with Gasteiger partial charge in [-0.05, 0) is 36.4 Å². The van der Waals surface area contributed by atoms with Gasteiger partial charge in [-0.1, -0.05) is 0 Å². The van der Waals surface area contributed by atoms with Gasteiger partial charge < -0.3 is 14.3 Å². The third-order valence-electron chi connectivity index (χ3n) is 3.63. The Morgan fingerprint density at radius 3 is 2.57 bits per heavy atom. The summed E-state index contributed by atoms with van der Waals surface area (Å²) in [6, 6.07) is 1.30. The maximum Gasteiger partial charge on any atom is 0.333 e. The molecule has 2 heterocycles. The molecule has 0 aliphatic carbocycles. The molecule has 0 bridgehead atoms. The van der Waals surface area contributed by atoms with Crippen molar-refractivity contribution in [2.45, 2.75) is 23.8 Å². The number of hydrogen-bond acceptors (Lipinski definition) is 5. The number of aliphatic carboxylic acids is 1. The average Bonchev–Trinajstić information content (AvgIpc) is 2.87. The Labute approximate surface area is 127 Å². The zero-order valence-corrected chi connectivity index (χ0v) is 12.9. The fourth-order valence-corrected chi connectivity index (χ4v) is 4.37. The lowest BCUT2D eigenvalue weighted by atomic mass is 9.92. The maximum absolute atomic E-state index is 12.4. The van der Waals surface area contributed by atoms with E-state index in [1.807, 2.05) is 0 Å². The number of piperidine rings is 1. The van der Waals surface area contributed by atoms with Crippen LogP contribution in [0.2, 0.25) is 5.22 Å². The normalized spacial score (nSPS) is 19.5. The topological polar surface area (TPSA) is 97.0 Å². The number of rotatable bonds is 5. The van der Waals surface area contributed by atoms with Gasteiger partial charge in [-0.25, -0.2) is 13.2 Å². The van der Waals surface area contributed by atoms with Crippen LogP contribution in [0.5, 0.6) is 0 Å². The Hall–Kier alpha value is -1.09. The molecular weight excluding hydrogens is 322 g/mol. The summed E-state index contributed by atoms with van der Waals surface area (Å²) < 4.78 is 35.8. The standard InChI is InChI=1S/C12H16ClNO6S/c1-19-10(12(15)16)8-2-5-14(6-3-8)21(17,18)9-4-7-20-11(9)13/h4,7-8,10H,2-3,5-6H2,1H3,(H,15,16). The molecule has 0 amide bonds. The third kappa shape index (κ3) is 3.23. The highest BCUT2D eigenvalue weighted by Crippen LogP contribution is 2.30. The number of halogens is 1. The zero-order valence-electron chi connectivity index (χ0n) is 11.4. The molecule has 1 atom stereocenters. The highest BCUT2D eigenvalue weighted by Gasteiger charge is 2.36. The first-order valence-corrected chi connectivity index (χ1v) is 8.18. The summed E-state index contributed by atoms with van der Waals surface area (Å²) in [5.74, 6) is -1.24. The Morgan fingerprint density at radius 1 is 1.52 bits per heavy atom. The highest BCUT2D eigenvalue weighted by molar-refractivity contribution is 7.89.